The molecule has 0 saturated heterocycles. The van der Waals surface area contributed by atoms with Crippen molar-refractivity contribution in [3.05, 3.63) is 35.1 Å². The van der Waals surface area contributed by atoms with Crippen LogP contribution in [-0.4, -0.2) is 31.1 Å². The summed E-state index contributed by atoms with van der Waals surface area (Å²) in [5.74, 6) is -0.118. The van der Waals surface area contributed by atoms with Gasteiger partial charge in [0, 0.05) is 12.6 Å². The second-order valence-electron chi connectivity index (χ2n) is 4.59. The summed E-state index contributed by atoms with van der Waals surface area (Å²) in [6.07, 6.45) is 0.932. The maximum Gasteiger partial charge on any atom is 0.123 e. The average Bonchev–Trinajstić information content (AvgIpc) is 2.35. The number of hydrogen-bond acceptors (Lipinski definition) is 2. The van der Waals surface area contributed by atoms with Crippen LogP contribution >= 0.6 is 0 Å². The quantitative estimate of drug-likeness (QED) is 0.863. The molecule has 0 spiro atoms. The molecule has 17 heavy (non-hydrogen) atoms. The van der Waals surface area contributed by atoms with Crippen molar-refractivity contribution in [1.82, 2.24) is 10.2 Å². The van der Waals surface area contributed by atoms with Crippen LogP contribution in [0.1, 0.15) is 31.0 Å². The Morgan fingerprint density at radius 3 is 2.82 bits per heavy atom. The highest BCUT2D eigenvalue weighted by molar-refractivity contribution is 5.33. The highest BCUT2D eigenvalue weighted by Crippen LogP contribution is 2.24. The van der Waals surface area contributed by atoms with Gasteiger partial charge in [-0.1, -0.05) is 19.9 Å². The van der Waals surface area contributed by atoms with Crippen molar-refractivity contribution in [1.29, 1.82) is 0 Å². The van der Waals surface area contributed by atoms with Gasteiger partial charge < -0.3 is 10.2 Å². The predicted molar refractivity (Wildman–Crippen MR) is 68.6 cm³/mol. The Morgan fingerprint density at radius 2 is 2.12 bits per heavy atom. The summed E-state index contributed by atoms with van der Waals surface area (Å²) in [6, 6.07) is 5.54. The molecule has 0 radical (unpaired) electrons. The maximum atomic E-state index is 13.2. The summed E-state index contributed by atoms with van der Waals surface area (Å²) in [5, 5.41) is 3.53. The summed E-state index contributed by atoms with van der Waals surface area (Å²) in [7, 11) is 0. The van der Waals surface area contributed by atoms with E-state index in [9.17, 15) is 4.39 Å². The maximum absolute atomic E-state index is 13.2. The third kappa shape index (κ3) is 2.85. The Hall–Kier alpha value is -0.930. The summed E-state index contributed by atoms with van der Waals surface area (Å²) in [6.45, 7) is 8.43. The molecule has 0 fully saturated rings. The molecule has 1 aromatic carbocycles. The van der Waals surface area contributed by atoms with Gasteiger partial charge in [-0.3, -0.25) is 0 Å². The molecule has 2 rings (SSSR count). The Labute approximate surface area is 103 Å². The number of nitrogens with zero attached hydrogens (tertiary/aromatic N) is 1. The lowest BCUT2D eigenvalue weighted by Crippen LogP contribution is -2.39. The molecule has 1 N–H and O–H groups in total. The van der Waals surface area contributed by atoms with Gasteiger partial charge in [0.05, 0.1) is 0 Å². The van der Waals surface area contributed by atoms with Crippen LogP contribution in [0.25, 0.3) is 0 Å². The molecular weight excluding hydrogens is 215 g/mol. The van der Waals surface area contributed by atoms with Crippen LogP contribution in [0.3, 0.4) is 0 Å². The molecule has 1 unspecified atom stereocenters. The fraction of sp³-hybridized carbons (Fsp3) is 0.571. The van der Waals surface area contributed by atoms with Gasteiger partial charge >= 0.3 is 0 Å². The Bertz CT molecular complexity index is 374. The first-order valence-corrected chi connectivity index (χ1v) is 6.48. The van der Waals surface area contributed by atoms with Crippen molar-refractivity contribution >= 4 is 0 Å². The third-order valence-electron chi connectivity index (χ3n) is 3.60. The van der Waals surface area contributed by atoms with E-state index in [0.29, 0.717) is 6.04 Å². The van der Waals surface area contributed by atoms with E-state index < -0.39 is 0 Å². The third-order valence-corrected chi connectivity index (χ3v) is 3.60. The molecule has 0 aliphatic carbocycles. The monoisotopic (exact) mass is 236 g/mol. The zero-order chi connectivity index (χ0) is 12.3. The number of halogens is 1. The second-order valence-corrected chi connectivity index (χ2v) is 4.59. The summed E-state index contributed by atoms with van der Waals surface area (Å²) < 4.78 is 13.2. The SMILES string of the molecule is CCN(CC)CC1NCCc2cc(F)ccc21. The van der Waals surface area contributed by atoms with Gasteiger partial charge in [-0.05, 0) is 49.3 Å². The number of likely N-dealkylation sites (N-methyl/N-ethyl adjacent to an activating group) is 1. The second kappa shape index (κ2) is 5.61. The first kappa shape index (κ1) is 12.5. The molecule has 0 aromatic heterocycles. The van der Waals surface area contributed by atoms with Crippen LogP contribution in [0.5, 0.6) is 0 Å². The zero-order valence-corrected chi connectivity index (χ0v) is 10.7. The zero-order valence-electron chi connectivity index (χ0n) is 10.7. The predicted octanol–water partition coefficient (Wildman–Crippen LogP) is 2.35. The van der Waals surface area contributed by atoms with Crippen LogP contribution in [0.15, 0.2) is 18.2 Å². The topological polar surface area (TPSA) is 15.3 Å². The van der Waals surface area contributed by atoms with E-state index in [4.69, 9.17) is 0 Å². The molecule has 1 aliphatic rings. The van der Waals surface area contributed by atoms with Gasteiger partial charge in [-0.15, -0.1) is 0 Å². The normalized spacial score (nSPS) is 19.4. The Kier molecular flexibility index (Phi) is 4.13. The minimum absolute atomic E-state index is 0.118. The lowest BCUT2D eigenvalue weighted by molar-refractivity contribution is 0.261. The largest absolute Gasteiger partial charge is 0.309 e. The summed E-state index contributed by atoms with van der Waals surface area (Å²) in [4.78, 5) is 2.40. The number of nitrogens with one attached hydrogen (secondary N) is 1. The minimum Gasteiger partial charge on any atom is -0.309 e. The molecule has 0 amide bonds. The highest BCUT2D eigenvalue weighted by atomic mass is 19.1. The van der Waals surface area contributed by atoms with Crippen LogP contribution in [0, 0.1) is 5.82 Å². The fourth-order valence-corrected chi connectivity index (χ4v) is 2.52. The van der Waals surface area contributed by atoms with E-state index in [2.05, 4.69) is 24.1 Å². The molecule has 1 atom stereocenters. The van der Waals surface area contributed by atoms with Gasteiger partial charge in [0.1, 0.15) is 5.82 Å². The van der Waals surface area contributed by atoms with Crippen molar-refractivity contribution < 1.29 is 4.39 Å². The standard InChI is InChI=1S/C14H21FN2/c1-3-17(4-2)10-14-13-6-5-12(15)9-11(13)7-8-16-14/h5-6,9,14,16H,3-4,7-8,10H2,1-2H3. The van der Waals surface area contributed by atoms with E-state index in [-0.39, 0.29) is 5.82 Å². The molecule has 94 valence electrons. The minimum atomic E-state index is -0.118. The van der Waals surface area contributed by atoms with Crippen molar-refractivity contribution in [3.8, 4) is 0 Å². The molecule has 1 aliphatic heterocycles. The summed E-state index contributed by atoms with van der Waals surface area (Å²) in [5.41, 5.74) is 2.44. The Morgan fingerprint density at radius 1 is 1.35 bits per heavy atom. The van der Waals surface area contributed by atoms with E-state index in [1.165, 1.54) is 11.1 Å². The van der Waals surface area contributed by atoms with Gasteiger partial charge in [0.25, 0.3) is 0 Å². The van der Waals surface area contributed by atoms with Crippen LogP contribution in [0.4, 0.5) is 4.39 Å². The molecule has 1 aromatic rings. The summed E-state index contributed by atoms with van der Waals surface area (Å²) >= 11 is 0. The molecule has 2 nitrogen and oxygen atoms in total. The molecule has 0 saturated carbocycles. The van der Waals surface area contributed by atoms with E-state index in [1.807, 2.05) is 6.07 Å². The fourth-order valence-electron chi connectivity index (χ4n) is 2.52. The van der Waals surface area contributed by atoms with Gasteiger partial charge in [0.2, 0.25) is 0 Å². The molecular formula is C14H21FN2. The lowest BCUT2D eigenvalue weighted by Gasteiger charge is -2.31. The van der Waals surface area contributed by atoms with Gasteiger partial charge in [0.15, 0.2) is 0 Å². The highest BCUT2D eigenvalue weighted by Gasteiger charge is 2.21. The number of hydrogen-bond donors (Lipinski definition) is 1. The number of benzene rings is 1. The molecule has 0 bridgehead atoms. The molecule has 1 heterocycles. The van der Waals surface area contributed by atoms with Gasteiger partial charge in [-0.2, -0.15) is 0 Å². The average molecular weight is 236 g/mol. The molecule has 3 heteroatoms. The van der Waals surface area contributed by atoms with Crippen molar-refractivity contribution in [3.63, 3.8) is 0 Å². The van der Waals surface area contributed by atoms with E-state index in [0.717, 1.165) is 32.6 Å². The van der Waals surface area contributed by atoms with Crippen LogP contribution in [-0.2, 0) is 6.42 Å². The first-order chi connectivity index (χ1) is 8.24. The van der Waals surface area contributed by atoms with Crippen molar-refractivity contribution in [2.75, 3.05) is 26.2 Å². The number of fused-ring (bicyclic) bond motifs is 1. The number of rotatable bonds is 4. The first-order valence-electron chi connectivity index (χ1n) is 6.48. The Balaban J connectivity index is 2.16. The lowest BCUT2D eigenvalue weighted by atomic mass is 9.94. The van der Waals surface area contributed by atoms with Crippen LogP contribution in [0.2, 0.25) is 0 Å². The van der Waals surface area contributed by atoms with Crippen LogP contribution < -0.4 is 5.32 Å². The smallest absolute Gasteiger partial charge is 0.123 e. The van der Waals surface area contributed by atoms with Gasteiger partial charge in [-0.25, -0.2) is 4.39 Å². The van der Waals surface area contributed by atoms with E-state index in [1.54, 1.807) is 12.1 Å². The van der Waals surface area contributed by atoms with E-state index >= 15 is 0 Å². The van der Waals surface area contributed by atoms with Crippen molar-refractivity contribution in [2.24, 2.45) is 0 Å². The van der Waals surface area contributed by atoms with Crippen molar-refractivity contribution in [2.45, 2.75) is 26.3 Å².